The lowest BCUT2D eigenvalue weighted by Gasteiger charge is -2.44. The minimum Gasteiger partial charge on any atom is -0.380 e. The molecule has 0 amide bonds. The van der Waals surface area contributed by atoms with Gasteiger partial charge in [0.25, 0.3) is 0 Å². The Morgan fingerprint density at radius 3 is 2.79 bits per heavy atom. The third-order valence-electron chi connectivity index (χ3n) is 6.39. The van der Waals surface area contributed by atoms with E-state index in [1.807, 2.05) is 0 Å². The van der Waals surface area contributed by atoms with E-state index in [2.05, 4.69) is 39.5 Å². The second kappa shape index (κ2) is 9.33. The van der Waals surface area contributed by atoms with Gasteiger partial charge in [0.1, 0.15) is 5.60 Å². The average molecular weight is 428 g/mol. The summed E-state index contributed by atoms with van der Waals surface area (Å²) in [7, 11) is 0. The van der Waals surface area contributed by atoms with E-state index in [0.717, 1.165) is 71.8 Å². The van der Waals surface area contributed by atoms with E-state index < -0.39 is 0 Å². The summed E-state index contributed by atoms with van der Waals surface area (Å²) in [5, 5.41) is 4.87. The molecular formula is C21H31Cl2N3O2. The topological polar surface area (TPSA) is 49.5 Å². The highest BCUT2D eigenvalue weighted by Crippen LogP contribution is 2.43. The van der Waals surface area contributed by atoms with Crippen LogP contribution < -0.4 is 5.32 Å². The zero-order valence-corrected chi connectivity index (χ0v) is 17.9. The molecule has 5 nitrogen and oxygen atoms in total. The lowest BCUT2D eigenvalue weighted by atomic mass is 9.83. The van der Waals surface area contributed by atoms with E-state index in [-0.39, 0.29) is 30.4 Å². The minimum absolute atomic E-state index is 0. The van der Waals surface area contributed by atoms with Gasteiger partial charge < -0.3 is 24.7 Å². The third-order valence-corrected chi connectivity index (χ3v) is 6.39. The van der Waals surface area contributed by atoms with Crippen LogP contribution in [0.1, 0.15) is 24.1 Å². The van der Waals surface area contributed by atoms with Crippen molar-refractivity contribution in [3.63, 3.8) is 0 Å². The van der Waals surface area contributed by atoms with Crippen LogP contribution in [-0.4, -0.2) is 62.4 Å². The number of nitrogens with one attached hydrogen (secondary N) is 2. The van der Waals surface area contributed by atoms with Crippen molar-refractivity contribution in [1.82, 2.24) is 15.2 Å². The van der Waals surface area contributed by atoms with E-state index >= 15 is 0 Å². The highest BCUT2D eigenvalue weighted by atomic mass is 35.5. The maximum absolute atomic E-state index is 6.43. The number of para-hydroxylation sites is 1. The number of nitrogens with zero attached hydrogens (tertiary/aromatic N) is 1. The van der Waals surface area contributed by atoms with Gasteiger partial charge in [-0.05, 0) is 30.9 Å². The van der Waals surface area contributed by atoms with Gasteiger partial charge in [-0.25, -0.2) is 0 Å². The van der Waals surface area contributed by atoms with Gasteiger partial charge in [-0.15, -0.1) is 24.8 Å². The predicted molar refractivity (Wildman–Crippen MR) is 117 cm³/mol. The zero-order chi connectivity index (χ0) is 17.4. The molecule has 0 aliphatic carbocycles. The van der Waals surface area contributed by atoms with Crippen LogP contribution in [0, 0.1) is 5.92 Å². The van der Waals surface area contributed by atoms with Gasteiger partial charge in [-0.3, -0.25) is 0 Å². The quantitative estimate of drug-likeness (QED) is 0.772. The van der Waals surface area contributed by atoms with Gasteiger partial charge >= 0.3 is 0 Å². The van der Waals surface area contributed by atoms with E-state index in [0.29, 0.717) is 5.92 Å². The summed E-state index contributed by atoms with van der Waals surface area (Å²) >= 11 is 0. The number of halogens is 2. The van der Waals surface area contributed by atoms with Crippen molar-refractivity contribution in [1.29, 1.82) is 0 Å². The smallest absolute Gasteiger partial charge is 0.110 e. The number of hydrogen-bond donors (Lipinski definition) is 2. The fraction of sp³-hybridized carbons (Fsp3) is 0.619. The van der Waals surface area contributed by atoms with Gasteiger partial charge in [-0.1, -0.05) is 18.2 Å². The Morgan fingerprint density at radius 1 is 1.11 bits per heavy atom. The second-order valence-corrected chi connectivity index (χ2v) is 8.06. The largest absolute Gasteiger partial charge is 0.380 e. The van der Waals surface area contributed by atoms with Crippen LogP contribution in [-0.2, 0) is 21.5 Å². The van der Waals surface area contributed by atoms with Gasteiger partial charge in [0.15, 0.2) is 0 Å². The Morgan fingerprint density at radius 2 is 1.93 bits per heavy atom. The van der Waals surface area contributed by atoms with Gasteiger partial charge in [-0.2, -0.15) is 0 Å². The van der Waals surface area contributed by atoms with Crippen molar-refractivity contribution in [2.45, 2.75) is 24.9 Å². The van der Waals surface area contributed by atoms with Crippen LogP contribution >= 0.6 is 24.8 Å². The Kier molecular flexibility index (Phi) is 7.29. The number of rotatable bonds is 2. The molecule has 2 fully saturated rings. The molecule has 156 valence electrons. The maximum atomic E-state index is 6.43. The number of likely N-dealkylation sites (tertiary alicyclic amines) is 1. The molecule has 2 aromatic rings. The van der Waals surface area contributed by atoms with E-state index in [1.165, 1.54) is 22.2 Å². The lowest BCUT2D eigenvalue weighted by Crippen LogP contribution is -2.48. The standard InChI is InChI=1S/C21H29N3O2.2ClH/c1-2-4-19-17(3-1)18-5-11-26-21(20(18)23-19)6-9-24(10-7-21)14-16-13-22-8-12-25-15-16;;/h1-4,16,22-23H,5-15H2;2*1H. The first kappa shape index (κ1) is 21.9. The van der Waals surface area contributed by atoms with Gasteiger partial charge in [0.05, 0.1) is 25.5 Å². The molecule has 0 saturated carbocycles. The van der Waals surface area contributed by atoms with Crippen LogP contribution in [0.3, 0.4) is 0 Å². The first-order chi connectivity index (χ1) is 12.8. The summed E-state index contributed by atoms with van der Waals surface area (Å²) in [6.45, 7) is 7.96. The van der Waals surface area contributed by atoms with Crippen LogP contribution in [0.25, 0.3) is 10.9 Å². The fourth-order valence-electron chi connectivity index (χ4n) is 5.00. The number of aromatic amines is 1. The minimum atomic E-state index is -0.110. The monoisotopic (exact) mass is 427 g/mol. The molecular weight excluding hydrogens is 397 g/mol. The summed E-state index contributed by atoms with van der Waals surface area (Å²) in [5.41, 5.74) is 3.98. The highest BCUT2D eigenvalue weighted by Gasteiger charge is 2.42. The average Bonchev–Trinajstić information content (AvgIpc) is 2.87. The molecule has 2 N–H and O–H groups in total. The molecule has 1 aromatic carbocycles. The molecule has 4 heterocycles. The van der Waals surface area contributed by atoms with Crippen LogP contribution in [0.4, 0.5) is 0 Å². The van der Waals surface area contributed by atoms with E-state index in [9.17, 15) is 0 Å². The molecule has 7 heteroatoms. The highest BCUT2D eigenvalue weighted by molar-refractivity contribution is 5.86. The summed E-state index contributed by atoms with van der Waals surface area (Å²) in [4.78, 5) is 6.31. The number of hydrogen-bond acceptors (Lipinski definition) is 4. The molecule has 3 aliphatic rings. The SMILES string of the molecule is Cl.Cl.c1ccc2c3c([nH]c2c1)C1(CCN(CC2CNCCOC2)CC1)OCC3. The first-order valence-corrected chi connectivity index (χ1v) is 10.1. The molecule has 3 aliphatic heterocycles. The summed E-state index contributed by atoms with van der Waals surface area (Å²) in [6.07, 6.45) is 3.18. The summed E-state index contributed by atoms with van der Waals surface area (Å²) in [6, 6.07) is 8.70. The number of benzene rings is 1. The number of ether oxygens (including phenoxy) is 2. The van der Waals surface area contributed by atoms with Crippen molar-refractivity contribution in [3.8, 4) is 0 Å². The second-order valence-electron chi connectivity index (χ2n) is 8.06. The molecule has 2 saturated heterocycles. The number of aromatic nitrogens is 1. The number of piperidine rings is 1. The summed E-state index contributed by atoms with van der Waals surface area (Å²) in [5.74, 6) is 0.600. The van der Waals surface area contributed by atoms with Gasteiger partial charge in [0, 0.05) is 49.5 Å². The molecule has 5 rings (SSSR count). The maximum Gasteiger partial charge on any atom is 0.110 e. The van der Waals surface area contributed by atoms with Gasteiger partial charge in [0.2, 0.25) is 0 Å². The summed E-state index contributed by atoms with van der Waals surface area (Å²) < 4.78 is 12.1. The Hall–Kier alpha value is -0.820. The molecule has 1 atom stereocenters. The predicted octanol–water partition coefficient (Wildman–Crippen LogP) is 3.11. The van der Waals surface area contributed by atoms with Crippen molar-refractivity contribution in [3.05, 3.63) is 35.5 Å². The molecule has 0 radical (unpaired) electrons. The van der Waals surface area contributed by atoms with Crippen molar-refractivity contribution in [2.75, 3.05) is 52.5 Å². The lowest BCUT2D eigenvalue weighted by molar-refractivity contribution is -0.102. The zero-order valence-electron chi connectivity index (χ0n) is 16.2. The molecule has 28 heavy (non-hydrogen) atoms. The van der Waals surface area contributed by atoms with E-state index in [1.54, 1.807) is 0 Å². The number of H-pyrrole nitrogens is 1. The third kappa shape index (κ3) is 4.07. The normalized spacial score (nSPS) is 24.8. The van der Waals surface area contributed by atoms with E-state index in [4.69, 9.17) is 9.47 Å². The molecule has 0 bridgehead atoms. The van der Waals surface area contributed by atoms with Crippen molar-refractivity contribution in [2.24, 2.45) is 5.92 Å². The molecule has 1 spiro atoms. The fourth-order valence-corrected chi connectivity index (χ4v) is 5.00. The Balaban J connectivity index is 0.00000112. The van der Waals surface area contributed by atoms with Crippen molar-refractivity contribution < 1.29 is 9.47 Å². The Bertz CT molecular complexity index is 766. The molecule has 1 aromatic heterocycles. The Labute approximate surface area is 179 Å². The van der Waals surface area contributed by atoms with Crippen molar-refractivity contribution >= 4 is 35.7 Å². The first-order valence-electron chi connectivity index (χ1n) is 10.1. The number of fused-ring (bicyclic) bond motifs is 4. The van der Waals surface area contributed by atoms with Crippen LogP contribution in [0.5, 0.6) is 0 Å². The van der Waals surface area contributed by atoms with Crippen LogP contribution in [0.2, 0.25) is 0 Å². The van der Waals surface area contributed by atoms with Crippen LogP contribution in [0.15, 0.2) is 24.3 Å². The molecule has 1 unspecified atom stereocenters.